The molecule has 2 aromatic rings. The van der Waals surface area contributed by atoms with Crippen LogP contribution in [-0.2, 0) is 14.4 Å². The van der Waals surface area contributed by atoms with Crippen LogP contribution in [0.25, 0.3) is 0 Å². The average Bonchev–Trinajstić information content (AvgIpc) is 3.44. The van der Waals surface area contributed by atoms with Crippen molar-refractivity contribution in [1.29, 1.82) is 0 Å². The first-order chi connectivity index (χ1) is 18.1. The lowest BCUT2D eigenvalue weighted by Gasteiger charge is -2.46. The molecule has 202 valence electrons. The minimum atomic E-state index is -1.10. The van der Waals surface area contributed by atoms with E-state index >= 15 is 0 Å². The molecule has 3 fully saturated rings. The molecule has 0 radical (unpaired) electrons. The summed E-state index contributed by atoms with van der Waals surface area (Å²) in [6.07, 6.45) is 5.27. The number of ketones is 1. The van der Waals surface area contributed by atoms with Crippen LogP contribution in [0, 0.1) is 11.2 Å². The van der Waals surface area contributed by atoms with E-state index in [-0.39, 0.29) is 29.9 Å². The number of hydrogen-bond acceptors (Lipinski definition) is 6. The van der Waals surface area contributed by atoms with Gasteiger partial charge in [-0.3, -0.25) is 19.2 Å². The average molecular weight is 525 g/mol. The Morgan fingerprint density at radius 1 is 1.08 bits per heavy atom. The van der Waals surface area contributed by atoms with E-state index in [9.17, 15) is 23.6 Å². The Balaban J connectivity index is 1.28. The van der Waals surface area contributed by atoms with E-state index in [1.54, 1.807) is 23.1 Å². The van der Waals surface area contributed by atoms with E-state index in [1.165, 1.54) is 18.4 Å². The first-order valence-corrected chi connectivity index (χ1v) is 13.2. The molecule has 1 aromatic carbocycles. The topological polar surface area (TPSA) is 112 Å². The second-order valence-electron chi connectivity index (χ2n) is 11.2. The predicted octanol–water partition coefficient (Wildman–Crippen LogP) is 3.19. The lowest BCUT2D eigenvalue weighted by atomic mass is 9.80. The number of anilines is 2. The third-order valence-electron chi connectivity index (χ3n) is 7.91. The summed E-state index contributed by atoms with van der Waals surface area (Å²) in [6, 6.07) is 6.70. The number of rotatable bonds is 6. The number of halogens is 1. The molecule has 1 aromatic heterocycles. The lowest BCUT2D eigenvalue weighted by Crippen LogP contribution is -2.63. The smallest absolute Gasteiger partial charge is 0.287 e. The zero-order valence-corrected chi connectivity index (χ0v) is 21.7. The van der Waals surface area contributed by atoms with Crippen LogP contribution in [0.4, 0.5) is 15.8 Å². The summed E-state index contributed by atoms with van der Waals surface area (Å²) in [7, 11) is 0. The number of β-lactam (4-membered cyclic amide) rings is 1. The second kappa shape index (κ2) is 9.89. The maximum Gasteiger partial charge on any atom is 0.287 e. The van der Waals surface area contributed by atoms with Crippen molar-refractivity contribution in [3.63, 3.8) is 0 Å². The number of Topliss-reactive ketones (excluding diaryl/α,β-unsaturated/α-hetero) is 1. The highest BCUT2D eigenvalue weighted by Crippen LogP contribution is 2.41. The minimum Gasteiger partial charge on any atom is -0.459 e. The van der Waals surface area contributed by atoms with Gasteiger partial charge in [-0.05, 0) is 63.4 Å². The summed E-state index contributed by atoms with van der Waals surface area (Å²) in [5.41, 5.74) is -0.541. The molecule has 1 saturated carbocycles. The monoisotopic (exact) mass is 524 g/mol. The maximum absolute atomic E-state index is 14.1. The Hall–Kier alpha value is -3.69. The number of carbonyl (C=O) groups excluding carboxylic acids is 4. The van der Waals surface area contributed by atoms with Crippen molar-refractivity contribution in [3.05, 3.63) is 48.2 Å². The van der Waals surface area contributed by atoms with Gasteiger partial charge >= 0.3 is 0 Å². The molecule has 1 aliphatic carbocycles. The van der Waals surface area contributed by atoms with Crippen LogP contribution in [0.15, 0.2) is 41.0 Å². The molecule has 5 rings (SSSR count). The third-order valence-corrected chi connectivity index (χ3v) is 7.91. The van der Waals surface area contributed by atoms with Crippen molar-refractivity contribution in [2.45, 2.75) is 64.0 Å². The Morgan fingerprint density at radius 3 is 2.47 bits per heavy atom. The van der Waals surface area contributed by atoms with Crippen LogP contribution in [0.5, 0.6) is 0 Å². The summed E-state index contributed by atoms with van der Waals surface area (Å²) in [5, 5.41) is 5.79. The number of amides is 3. The van der Waals surface area contributed by atoms with Gasteiger partial charge in [-0.15, -0.1) is 0 Å². The normalized spacial score (nSPS) is 22.6. The van der Waals surface area contributed by atoms with E-state index in [0.29, 0.717) is 43.7 Å². The van der Waals surface area contributed by atoms with Gasteiger partial charge in [-0.25, -0.2) is 4.39 Å². The van der Waals surface area contributed by atoms with Gasteiger partial charge in [0.25, 0.3) is 5.91 Å². The van der Waals surface area contributed by atoms with Gasteiger partial charge < -0.3 is 24.9 Å². The van der Waals surface area contributed by atoms with Crippen LogP contribution in [-0.4, -0.2) is 54.7 Å². The molecule has 10 heteroatoms. The number of nitrogens with zero attached hydrogens (tertiary/aromatic N) is 2. The Labute approximate surface area is 220 Å². The number of carbonyl (C=O) groups is 4. The SMILES string of the molecule is CC1(C)CN(c2cc(F)ccc2N2CCC(NC(=O)C3(NC(=O)c4ccco4)CCCCC3)C(=O)C2)C1=O. The van der Waals surface area contributed by atoms with Crippen molar-refractivity contribution in [2.24, 2.45) is 5.41 Å². The number of hydrogen-bond donors (Lipinski definition) is 2. The fraction of sp³-hybridized carbons (Fsp3) is 0.500. The molecule has 9 nitrogen and oxygen atoms in total. The molecular formula is C28H33FN4O5. The van der Waals surface area contributed by atoms with Gasteiger partial charge in [0.1, 0.15) is 11.4 Å². The molecular weight excluding hydrogens is 491 g/mol. The molecule has 1 unspecified atom stereocenters. The van der Waals surface area contributed by atoms with Crippen molar-refractivity contribution < 1.29 is 28.0 Å². The highest BCUT2D eigenvalue weighted by Gasteiger charge is 2.47. The molecule has 2 aliphatic heterocycles. The van der Waals surface area contributed by atoms with Crippen molar-refractivity contribution >= 4 is 34.9 Å². The fourth-order valence-corrected chi connectivity index (χ4v) is 5.71. The van der Waals surface area contributed by atoms with Crippen molar-refractivity contribution in [2.75, 3.05) is 29.4 Å². The summed E-state index contributed by atoms with van der Waals surface area (Å²) in [5.74, 6) is -1.42. The van der Waals surface area contributed by atoms with Crippen LogP contribution in [0.3, 0.4) is 0 Å². The van der Waals surface area contributed by atoms with Crippen LogP contribution in [0.1, 0.15) is 62.9 Å². The first-order valence-electron chi connectivity index (χ1n) is 13.2. The van der Waals surface area contributed by atoms with Crippen molar-refractivity contribution in [1.82, 2.24) is 10.6 Å². The Morgan fingerprint density at radius 2 is 1.84 bits per heavy atom. The van der Waals surface area contributed by atoms with Crippen LogP contribution >= 0.6 is 0 Å². The van der Waals surface area contributed by atoms with Crippen LogP contribution < -0.4 is 20.4 Å². The third kappa shape index (κ3) is 4.79. The number of nitrogens with one attached hydrogen (secondary N) is 2. The van der Waals surface area contributed by atoms with Gasteiger partial charge in [0.05, 0.1) is 35.6 Å². The van der Waals surface area contributed by atoms with E-state index in [4.69, 9.17) is 4.42 Å². The molecule has 0 bridgehead atoms. The van der Waals surface area contributed by atoms with Gasteiger partial charge in [-0.1, -0.05) is 19.3 Å². The molecule has 3 amide bonds. The number of piperidine rings is 1. The Bertz CT molecular complexity index is 1250. The number of benzene rings is 1. The van der Waals surface area contributed by atoms with E-state index in [0.717, 1.165) is 19.3 Å². The standard InChI is InChI=1S/C28H33FN4O5/c1-27(2)17-33(26(27)37)21-15-18(29)8-9-20(21)32-13-10-19(22(34)16-32)30-25(36)28(11-4-3-5-12-28)31-24(35)23-7-6-14-38-23/h6-9,14-15,19H,3-5,10-13,16-17H2,1-2H3,(H,30,36)(H,31,35). The summed E-state index contributed by atoms with van der Waals surface area (Å²) in [4.78, 5) is 55.4. The minimum absolute atomic E-state index is 0.0146. The van der Waals surface area contributed by atoms with Gasteiger partial charge in [0, 0.05) is 13.1 Å². The molecule has 0 spiro atoms. The van der Waals surface area contributed by atoms with E-state index < -0.39 is 28.7 Å². The first kappa shape index (κ1) is 25.9. The summed E-state index contributed by atoms with van der Waals surface area (Å²) < 4.78 is 19.3. The molecule has 38 heavy (non-hydrogen) atoms. The van der Waals surface area contributed by atoms with Crippen LogP contribution in [0.2, 0.25) is 0 Å². The molecule has 1 atom stereocenters. The lowest BCUT2D eigenvalue weighted by molar-refractivity contribution is -0.133. The van der Waals surface area contributed by atoms with Gasteiger partial charge in [-0.2, -0.15) is 0 Å². The summed E-state index contributed by atoms with van der Waals surface area (Å²) >= 11 is 0. The Kier molecular flexibility index (Phi) is 6.75. The predicted molar refractivity (Wildman–Crippen MR) is 138 cm³/mol. The van der Waals surface area contributed by atoms with Crippen molar-refractivity contribution in [3.8, 4) is 0 Å². The highest BCUT2D eigenvalue weighted by atomic mass is 19.1. The zero-order chi connectivity index (χ0) is 27.1. The van der Waals surface area contributed by atoms with E-state index in [2.05, 4.69) is 10.6 Å². The molecule has 2 N–H and O–H groups in total. The van der Waals surface area contributed by atoms with Gasteiger partial charge in [0.15, 0.2) is 11.5 Å². The van der Waals surface area contributed by atoms with E-state index in [1.807, 2.05) is 18.7 Å². The fourth-order valence-electron chi connectivity index (χ4n) is 5.71. The molecule has 3 heterocycles. The quantitative estimate of drug-likeness (QED) is 0.562. The number of furan rings is 1. The zero-order valence-electron chi connectivity index (χ0n) is 21.7. The molecule has 2 saturated heterocycles. The second-order valence-corrected chi connectivity index (χ2v) is 11.2. The van der Waals surface area contributed by atoms with Gasteiger partial charge in [0.2, 0.25) is 11.8 Å². The summed E-state index contributed by atoms with van der Waals surface area (Å²) in [6.45, 7) is 4.61. The largest absolute Gasteiger partial charge is 0.459 e. The maximum atomic E-state index is 14.1. The molecule has 3 aliphatic rings. The highest BCUT2D eigenvalue weighted by molar-refractivity contribution is 6.06.